The molecule has 0 bridgehead atoms. The van der Waals surface area contributed by atoms with Crippen molar-refractivity contribution in [3.8, 4) is 5.75 Å². The van der Waals surface area contributed by atoms with Gasteiger partial charge in [0, 0.05) is 18.8 Å². The van der Waals surface area contributed by atoms with Crippen molar-refractivity contribution in [2.45, 2.75) is 13.0 Å². The number of nitrogens with zero attached hydrogens (tertiary/aromatic N) is 1. The number of nitrogen functional groups attached to an aromatic ring is 1. The lowest BCUT2D eigenvalue weighted by molar-refractivity contribution is 0.259. The van der Waals surface area contributed by atoms with E-state index in [-0.39, 0.29) is 0 Å². The Morgan fingerprint density at radius 1 is 1.21 bits per heavy atom. The van der Waals surface area contributed by atoms with E-state index in [9.17, 15) is 0 Å². The second-order valence-corrected chi connectivity index (χ2v) is 5.42. The van der Waals surface area contributed by atoms with Gasteiger partial charge in [-0.2, -0.15) is 11.3 Å². The van der Waals surface area contributed by atoms with Crippen LogP contribution >= 0.6 is 11.3 Å². The van der Waals surface area contributed by atoms with Gasteiger partial charge in [-0.15, -0.1) is 0 Å². The Labute approximate surface area is 118 Å². The molecule has 2 rings (SSSR count). The molecule has 0 fully saturated rings. The summed E-state index contributed by atoms with van der Waals surface area (Å²) >= 11 is 1.75. The Morgan fingerprint density at radius 2 is 2.00 bits per heavy atom. The van der Waals surface area contributed by atoms with E-state index in [1.807, 2.05) is 24.3 Å². The van der Waals surface area contributed by atoms with Gasteiger partial charge >= 0.3 is 0 Å². The van der Waals surface area contributed by atoms with Crippen LogP contribution in [0.5, 0.6) is 5.75 Å². The van der Waals surface area contributed by atoms with Gasteiger partial charge < -0.3 is 15.4 Å². The van der Waals surface area contributed by atoms with E-state index in [0.717, 1.165) is 37.6 Å². The minimum Gasteiger partial charge on any atom is -0.494 e. The zero-order chi connectivity index (χ0) is 13.5. The summed E-state index contributed by atoms with van der Waals surface area (Å²) in [6.07, 6.45) is 1.02. The smallest absolute Gasteiger partial charge is 0.119 e. The van der Waals surface area contributed by atoms with Gasteiger partial charge in [-0.05, 0) is 60.1 Å². The van der Waals surface area contributed by atoms with Gasteiger partial charge in [-0.3, -0.25) is 0 Å². The minimum absolute atomic E-state index is 0.734. The fourth-order valence-electron chi connectivity index (χ4n) is 1.86. The molecule has 1 heterocycles. The Morgan fingerprint density at radius 3 is 2.68 bits per heavy atom. The molecule has 0 spiro atoms. The lowest BCUT2D eigenvalue weighted by atomic mass is 10.3. The molecule has 1 aromatic carbocycles. The number of hydrogen-bond donors (Lipinski definition) is 1. The number of benzene rings is 1. The molecule has 0 radical (unpaired) electrons. The van der Waals surface area contributed by atoms with E-state index >= 15 is 0 Å². The predicted octanol–water partition coefficient (Wildman–Crippen LogP) is 3.23. The van der Waals surface area contributed by atoms with Gasteiger partial charge in [0.1, 0.15) is 5.75 Å². The van der Waals surface area contributed by atoms with Gasteiger partial charge in [0.25, 0.3) is 0 Å². The van der Waals surface area contributed by atoms with Crippen LogP contribution in [0.3, 0.4) is 0 Å². The van der Waals surface area contributed by atoms with Crippen LogP contribution in [0, 0.1) is 0 Å². The van der Waals surface area contributed by atoms with Crippen molar-refractivity contribution in [3.05, 3.63) is 46.7 Å². The lowest BCUT2D eigenvalue weighted by Crippen LogP contribution is -2.20. The lowest BCUT2D eigenvalue weighted by Gasteiger charge is -2.15. The molecule has 0 saturated heterocycles. The van der Waals surface area contributed by atoms with E-state index in [2.05, 4.69) is 28.8 Å². The van der Waals surface area contributed by atoms with Crippen LogP contribution < -0.4 is 10.5 Å². The van der Waals surface area contributed by atoms with Crippen LogP contribution in [-0.2, 0) is 6.54 Å². The maximum atomic E-state index is 5.67. The SMILES string of the molecule is CN(CCCOc1ccc(N)cc1)Cc1ccsc1. The molecule has 0 atom stereocenters. The summed E-state index contributed by atoms with van der Waals surface area (Å²) in [6, 6.07) is 9.71. The van der Waals surface area contributed by atoms with Gasteiger partial charge in [-0.25, -0.2) is 0 Å². The first-order valence-electron chi connectivity index (χ1n) is 6.42. The minimum atomic E-state index is 0.734. The van der Waals surface area contributed by atoms with Crippen LogP contribution in [-0.4, -0.2) is 25.1 Å². The summed E-state index contributed by atoms with van der Waals surface area (Å²) in [6.45, 7) is 2.77. The normalized spacial score (nSPS) is 10.8. The Kier molecular flexibility index (Phi) is 5.24. The highest BCUT2D eigenvalue weighted by Gasteiger charge is 2.01. The summed E-state index contributed by atoms with van der Waals surface area (Å²) in [5, 5.41) is 4.31. The largest absolute Gasteiger partial charge is 0.494 e. The second kappa shape index (κ2) is 7.16. The van der Waals surface area contributed by atoms with Crippen LogP contribution in [0.25, 0.3) is 0 Å². The molecule has 0 aliphatic heterocycles. The van der Waals surface area contributed by atoms with E-state index in [4.69, 9.17) is 10.5 Å². The number of hydrogen-bond acceptors (Lipinski definition) is 4. The molecule has 3 nitrogen and oxygen atoms in total. The quantitative estimate of drug-likeness (QED) is 0.623. The molecular weight excluding hydrogens is 256 g/mol. The predicted molar refractivity (Wildman–Crippen MR) is 81.6 cm³/mol. The average Bonchev–Trinajstić information content (AvgIpc) is 2.89. The van der Waals surface area contributed by atoms with E-state index < -0.39 is 0 Å². The maximum absolute atomic E-state index is 5.67. The summed E-state index contributed by atoms with van der Waals surface area (Å²) in [5.74, 6) is 0.884. The van der Waals surface area contributed by atoms with Crippen molar-refractivity contribution in [2.24, 2.45) is 0 Å². The first-order valence-corrected chi connectivity index (χ1v) is 7.36. The van der Waals surface area contributed by atoms with Crippen molar-refractivity contribution >= 4 is 17.0 Å². The number of nitrogens with two attached hydrogens (primary N) is 1. The zero-order valence-electron chi connectivity index (χ0n) is 11.2. The number of anilines is 1. The molecule has 0 aliphatic carbocycles. The topological polar surface area (TPSA) is 38.5 Å². The van der Waals surface area contributed by atoms with Crippen molar-refractivity contribution in [3.63, 3.8) is 0 Å². The molecule has 19 heavy (non-hydrogen) atoms. The third-order valence-electron chi connectivity index (χ3n) is 2.87. The summed E-state index contributed by atoms with van der Waals surface area (Å²) in [4.78, 5) is 2.31. The standard InChI is InChI=1S/C15H20N2OS/c1-17(11-13-7-10-19-12-13)8-2-9-18-15-5-3-14(16)4-6-15/h3-7,10,12H,2,8-9,11,16H2,1H3. The molecule has 0 amide bonds. The molecule has 0 aliphatic rings. The molecule has 2 N–H and O–H groups in total. The first-order chi connectivity index (χ1) is 9.24. The van der Waals surface area contributed by atoms with Crippen molar-refractivity contribution in [1.82, 2.24) is 4.90 Å². The average molecular weight is 276 g/mol. The van der Waals surface area contributed by atoms with Gasteiger partial charge in [0.2, 0.25) is 0 Å². The van der Waals surface area contributed by atoms with E-state index in [1.54, 1.807) is 11.3 Å². The molecule has 4 heteroatoms. The molecule has 1 aromatic heterocycles. The third kappa shape index (κ3) is 4.93. The summed E-state index contributed by atoms with van der Waals surface area (Å²) in [5.41, 5.74) is 7.77. The van der Waals surface area contributed by atoms with Crippen molar-refractivity contribution in [2.75, 3.05) is 25.9 Å². The third-order valence-corrected chi connectivity index (χ3v) is 3.60. The summed E-state index contributed by atoms with van der Waals surface area (Å²) < 4.78 is 5.67. The molecule has 102 valence electrons. The van der Waals surface area contributed by atoms with Crippen LogP contribution in [0.15, 0.2) is 41.1 Å². The Bertz CT molecular complexity index is 467. The van der Waals surface area contributed by atoms with E-state index in [1.165, 1.54) is 5.56 Å². The maximum Gasteiger partial charge on any atom is 0.119 e. The second-order valence-electron chi connectivity index (χ2n) is 4.64. The zero-order valence-corrected chi connectivity index (χ0v) is 12.0. The Balaban J connectivity index is 1.62. The number of ether oxygens (including phenoxy) is 1. The molecule has 2 aromatic rings. The number of thiophene rings is 1. The van der Waals surface area contributed by atoms with Crippen LogP contribution in [0.1, 0.15) is 12.0 Å². The number of rotatable bonds is 7. The highest BCUT2D eigenvalue weighted by molar-refractivity contribution is 7.07. The van der Waals surface area contributed by atoms with Crippen LogP contribution in [0.4, 0.5) is 5.69 Å². The Hall–Kier alpha value is -1.52. The van der Waals surface area contributed by atoms with Crippen molar-refractivity contribution < 1.29 is 4.74 Å². The van der Waals surface area contributed by atoms with Gasteiger partial charge in [0.05, 0.1) is 6.61 Å². The highest BCUT2D eigenvalue weighted by atomic mass is 32.1. The van der Waals surface area contributed by atoms with Crippen LogP contribution in [0.2, 0.25) is 0 Å². The van der Waals surface area contributed by atoms with E-state index in [0.29, 0.717) is 0 Å². The fraction of sp³-hybridized carbons (Fsp3) is 0.333. The monoisotopic (exact) mass is 276 g/mol. The van der Waals surface area contributed by atoms with Gasteiger partial charge in [0.15, 0.2) is 0 Å². The first kappa shape index (κ1) is 13.9. The molecule has 0 unspecified atom stereocenters. The van der Waals surface area contributed by atoms with Gasteiger partial charge in [-0.1, -0.05) is 0 Å². The molecule has 0 saturated carbocycles. The van der Waals surface area contributed by atoms with Crippen molar-refractivity contribution in [1.29, 1.82) is 0 Å². The molecular formula is C15H20N2OS. The fourth-order valence-corrected chi connectivity index (χ4v) is 2.52. The summed E-state index contributed by atoms with van der Waals surface area (Å²) in [7, 11) is 2.14. The highest BCUT2D eigenvalue weighted by Crippen LogP contribution is 2.13.